The number of nitrogens with one attached hydrogen (secondary N) is 1. The van der Waals surface area contributed by atoms with Crippen LogP contribution in [0.3, 0.4) is 0 Å². The number of piperidine rings is 1. The molecule has 28 heavy (non-hydrogen) atoms. The second-order valence-electron chi connectivity index (χ2n) is 8.70. The Labute approximate surface area is 172 Å². The number of amides is 2. The summed E-state index contributed by atoms with van der Waals surface area (Å²) in [7, 11) is 1.96. The number of rotatable bonds is 7. The van der Waals surface area contributed by atoms with Gasteiger partial charge in [-0.15, -0.1) is 5.10 Å². The molecule has 2 aliphatic rings. The van der Waals surface area contributed by atoms with Gasteiger partial charge in [-0.3, -0.25) is 14.7 Å². The first kappa shape index (κ1) is 21.1. The maximum Gasteiger partial charge on any atom is 0.233 e. The zero-order chi connectivity index (χ0) is 20.3. The van der Waals surface area contributed by atoms with Crippen molar-refractivity contribution in [2.24, 2.45) is 17.8 Å². The van der Waals surface area contributed by atoms with Crippen molar-refractivity contribution in [1.82, 2.24) is 25.0 Å². The van der Waals surface area contributed by atoms with E-state index >= 15 is 0 Å². The van der Waals surface area contributed by atoms with E-state index in [1.54, 1.807) is 0 Å². The average molecular weight is 408 g/mol. The molecule has 1 aromatic heterocycles. The smallest absolute Gasteiger partial charge is 0.233 e. The molecule has 2 fully saturated rings. The molecule has 0 bridgehead atoms. The molecular weight excluding hydrogens is 374 g/mol. The molecule has 7 nitrogen and oxygen atoms in total. The Morgan fingerprint density at radius 1 is 1.32 bits per heavy atom. The van der Waals surface area contributed by atoms with Gasteiger partial charge in [-0.05, 0) is 50.4 Å². The van der Waals surface area contributed by atoms with Crippen molar-refractivity contribution in [3.63, 3.8) is 0 Å². The zero-order valence-electron chi connectivity index (χ0n) is 17.5. The molecule has 0 unspecified atom stereocenters. The SMILES string of the molecule is Cc1nc(SCC(=O)N2CC[C@@H]3C[C@H](N(C)C(=O)CCC(C)C)C[C@@H]3C2)n[nH]1. The molecule has 3 rings (SSSR count). The fourth-order valence-electron chi connectivity index (χ4n) is 4.39. The maximum absolute atomic E-state index is 12.6. The molecule has 8 heteroatoms. The third-order valence-electron chi connectivity index (χ3n) is 6.17. The van der Waals surface area contributed by atoms with E-state index < -0.39 is 0 Å². The molecule has 1 saturated carbocycles. The van der Waals surface area contributed by atoms with Crippen LogP contribution in [0.4, 0.5) is 0 Å². The van der Waals surface area contributed by atoms with Crippen molar-refractivity contribution in [2.45, 2.75) is 64.1 Å². The molecule has 3 atom stereocenters. The molecule has 1 aliphatic heterocycles. The molecule has 1 N–H and O–H groups in total. The highest BCUT2D eigenvalue weighted by molar-refractivity contribution is 7.99. The van der Waals surface area contributed by atoms with Crippen molar-refractivity contribution in [1.29, 1.82) is 0 Å². The van der Waals surface area contributed by atoms with Gasteiger partial charge in [0.2, 0.25) is 17.0 Å². The lowest BCUT2D eigenvalue weighted by Gasteiger charge is -2.34. The van der Waals surface area contributed by atoms with Gasteiger partial charge in [0.25, 0.3) is 0 Å². The molecule has 2 heterocycles. The van der Waals surface area contributed by atoms with E-state index in [1.165, 1.54) is 11.8 Å². The minimum absolute atomic E-state index is 0.163. The fourth-order valence-corrected chi connectivity index (χ4v) is 5.14. The summed E-state index contributed by atoms with van der Waals surface area (Å²) in [6, 6.07) is 0.329. The van der Waals surface area contributed by atoms with Gasteiger partial charge >= 0.3 is 0 Å². The predicted octanol–water partition coefficient (Wildman–Crippen LogP) is 2.73. The summed E-state index contributed by atoms with van der Waals surface area (Å²) in [5.74, 6) is 3.28. The lowest BCUT2D eigenvalue weighted by molar-refractivity contribution is -0.132. The number of hydrogen-bond acceptors (Lipinski definition) is 5. The Hall–Kier alpha value is -1.57. The maximum atomic E-state index is 12.6. The monoisotopic (exact) mass is 407 g/mol. The quantitative estimate of drug-likeness (QED) is 0.703. The summed E-state index contributed by atoms with van der Waals surface area (Å²) in [6.45, 7) is 7.81. The number of aromatic amines is 1. The third-order valence-corrected chi connectivity index (χ3v) is 7.00. The molecule has 0 radical (unpaired) electrons. The highest BCUT2D eigenvalue weighted by Gasteiger charge is 2.41. The summed E-state index contributed by atoms with van der Waals surface area (Å²) in [5, 5.41) is 7.51. The largest absolute Gasteiger partial charge is 0.343 e. The first-order chi connectivity index (χ1) is 13.3. The van der Waals surface area contributed by atoms with Gasteiger partial charge in [0.05, 0.1) is 5.75 Å². The molecule has 1 saturated heterocycles. The van der Waals surface area contributed by atoms with Crippen LogP contribution in [0.5, 0.6) is 0 Å². The Bertz CT molecular complexity index is 692. The number of likely N-dealkylation sites (tertiary alicyclic amines) is 1. The minimum Gasteiger partial charge on any atom is -0.343 e. The summed E-state index contributed by atoms with van der Waals surface area (Å²) in [5.41, 5.74) is 0. The van der Waals surface area contributed by atoms with E-state index in [1.807, 2.05) is 23.8 Å². The van der Waals surface area contributed by atoms with Crippen molar-refractivity contribution >= 4 is 23.6 Å². The number of H-pyrrole nitrogens is 1. The van der Waals surface area contributed by atoms with Crippen LogP contribution in [0.15, 0.2) is 5.16 Å². The van der Waals surface area contributed by atoms with Crippen LogP contribution in [0.25, 0.3) is 0 Å². The molecule has 0 aromatic carbocycles. The highest BCUT2D eigenvalue weighted by atomic mass is 32.2. The van der Waals surface area contributed by atoms with E-state index in [0.29, 0.717) is 41.1 Å². The number of fused-ring (bicyclic) bond motifs is 1. The number of nitrogens with zero attached hydrogens (tertiary/aromatic N) is 4. The summed E-state index contributed by atoms with van der Waals surface area (Å²) in [4.78, 5) is 33.3. The van der Waals surface area contributed by atoms with Crippen LogP contribution in [-0.2, 0) is 9.59 Å². The van der Waals surface area contributed by atoms with Crippen LogP contribution < -0.4 is 0 Å². The molecule has 0 spiro atoms. The summed E-state index contributed by atoms with van der Waals surface area (Å²) in [6.07, 6.45) is 4.74. The minimum atomic E-state index is 0.163. The molecule has 1 aliphatic carbocycles. The summed E-state index contributed by atoms with van der Waals surface area (Å²) < 4.78 is 0. The van der Waals surface area contributed by atoms with Crippen LogP contribution >= 0.6 is 11.8 Å². The Morgan fingerprint density at radius 3 is 2.75 bits per heavy atom. The number of aromatic nitrogens is 3. The third kappa shape index (κ3) is 5.27. The molecule has 1 aromatic rings. The molecule has 156 valence electrons. The Morgan fingerprint density at radius 2 is 2.07 bits per heavy atom. The van der Waals surface area contributed by atoms with Crippen molar-refractivity contribution in [3.05, 3.63) is 5.82 Å². The van der Waals surface area contributed by atoms with Crippen molar-refractivity contribution in [2.75, 3.05) is 25.9 Å². The van der Waals surface area contributed by atoms with Crippen LogP contribution in [0.2, 0.25) is 0 Å². The van der Waals surface area contributed by atoms with Crippen LogP contribution in [0, 0.1) is 24.7 Å². The van der Waals surface area contributed by atoms with Crippen molar-refractivity contribution in [3.8, 4) is 0 Å². The van der Waals surface area contributed by atoms with E-state index in [4.69, 9.17) is 0 Å². The lowest BCUT2D eigenvalue weighted by atomic mass is 9.89. The second kappa shape index (κ2) is 9.29. The van der Waals surface area contributed by atoms with E-state index in [-0.39, 0.29) is 11.8 Å². The molecular formula is C20H33N5O2S. The van der Waals surface area contributed by atoms with E-state index in [0.717, 1.165) is 44.6 Å². The van der Waals surface area contributed by atoms with E-state index in [9.17, 15) is 9.59 Å². The van der Waals surface area contributed by atoms with E-state index in [2.05, 4.69) is 29.0 Å². The predicted molar refractivity (Wildman–Crippen MR) is 110 cm³/mol. The summed E-state index contributed by atoms with van der Waals surface area (Å²) >= 11 is 1.39. The highest BCUT2D eigenvalue weighted by Crippen LogP contribution is 2.40. The van der Waals surface area contributed by atoms with Gasteiger partial charge in [0.15, 0.2) is 0 Å². The number of hydrogen-bond donors (Lipinski definition) is 1. The lowest BCUT2D eigenvalue weighted by Crippen LogP contribution is -2.43. The number of carbonyl (C=O) groups is 2. The van der Waals surface area contributed by atoms with Gasteiger partial charge in [-0.25, -0.2) is 4.98 Å². The normalized spacial score (nSPS) is 24.5. The van der Waals surface area contributed by atoms with Crippen LogP contribution in [-0.4, -0.2) is 68.7 Å². The number of aryl methyl sites for hydroxylation is 1. The van der Waals surface area contributed by atoms with Crippen molar-refractivity contribution < 1.29 is 9.59 Å². The Kier molecular flexibility index (Phi) is 7.01. The molecule has 2 amide bonds. The Balaban J connectivity index is 1.47. The number of thioether (sulfide) groups is 1. The van der Waals surface area contributed by atoms with Gasteiger partial charge in [0.1, 0.15) is 5.82 Å². The number of carbonyl (C=O) groups excluding carboxylic acids is 2. The van der Waals surface area contributed by atoms with Gasteiger partial charge < -0.3 is 9.80 Å². The topological polar surface area (TPSA) is 82.2 Å². The van der Waals surface area contributed by atoms with Gasteiger partial charge in [0, 0.05) is 32.6 Å². The zero-order valence-corrected chi connectivity index (χ0v) is 18.3. The second-order valence-corrected chi connectivity index (χ2v) is 9.65. The average Bonchev–Trinajstić information content (AvgIpc) is 3.28. The van der Waals surface area contributed by atoms with Gasteiger partial charge in [-0.1, -0.05) is 25.6 Å². The standard InChI is InChI=1S/C20H33N5O2S/c1-13(2)5-6-18(26)24(4)17-9-15-7-8-25(11-16(15)10-17)19(27)12-28-20-21-14(3)22-23-20/h13,15-17H,5-12H2,1-4H3,(H,21,22,23)/t15-,16-,17+/m1/s1. The fraction of sp³-hybridized carbons (Fsp3) is 0.800. The first-order valence-corrected chi connectivity index (χ1v) is 11.4. The van der Waals surface area contributed by atoms with Crippen LogP contribution in [0.1, 0.15) is 51.8 Å². The van der Waals surface area contributed by atoms with Gasteiger partial charge in [-0.2, -0.15) is 0 Å². The first-order valence-electron chi connectivity index (χ1n) is 10.4.